The van der Waals surface area contributed by atoms with Crippen LogP contribution >= 0.6 is 0 Å². The summed E-state index contributed by atoms with van der Waals surface area (Å²) in [6, 6.07) is 1.58. The van der Waals surface area contributed by atoms with Gasteiger partial charge in [0, 0.05) is 23.8 Å². The predicted molar refractivity (Wildman–Crippen MR) is 61.8 cm³/mol. The van der Waals surface area contributed by atoms with Crippen LogP contribution in [0.2, 0.25) is 0 Å². The van der Waals surface area contributed by atoms with Crippen LogP contribution in [0, 0.1) is 10.1 Å². The minimum absolute atomic E-state index is 0.100. The van der Waals surface area contributed by atoms with E-state index in [1.165, 1.54) is 0 Å². The third-order valence-corrected chi connectivity index (χ3v) is 2.08. The third kappa shape index (κ3) is 3.83. The number of rotatable bonds is 6. The lowest BCUT2D eigenvalue weighted by Gasteiger charge is -2.10. The number of aliphatic carboxylic acids is 1. The highest BCUT2D eigenvalue weighted by Crippen LogP contribution is 2.30. The maximum Gasteiger partial charge on any atom is 0.387 e. The molecule has 0 aliphatic carbocycles. The Hall–Kier alpha value is -2.84. The molecule has 20 heavy (non-hydrogen) atoms. The predicted octanol–water partition coefficient (Wildman–Crippen LogP) is 2.11. The number of halogens is 2. The molecule has 0 spiro atoms. The van der Waals surface area contributed by atoms with Gasteiger partial charge in [0.2, 0.25) is 0 Å². The lowest BCUT2D eigenvalue weighted by Crippen LogP contribution is -2.07. The highest BCUT2D eigenvalue weighted by Gasteiger charge is 2.19. The van der Waals surface area contributed by atoms with Crippen molar-refractivity contribution in [3.05, 3.63) is 39.4 Å². The molecule has 0 saturated heterocycles. The second-order valence-electron chi connectivity index (χ2n) is 3.38. The number of alkyl halides is 2. The first-order valence-corrected chi connectivity index (χ1v) is 4.98. The van der Waals surface area contributed by atoms with Crippen molar-refractivity contribution in [1.82, 2.24) is 0 Å². The van der Waals surface area contributed by atoms with E-state index < -0.39 is 34.5 Å². The largest absolute Gasteiger partial charge is 0.478 e. The quantitative estimate of drug-likeness (QED) is 0.371. The van der Waals surface area contributed by atoms with Gasteiger partial charge in [-0.25, -0.2) is 4.79 Å². The minimum atomic E-state index is -3.27. The molecule has 0 aliphatic rings. The highest BCUT2D eigenvalue weighted by molar-refractivity contribution is 5.89. The molecule has 0 heterocycles. The summed E-state index contributed by atoms with van der Waals surface area (Å²) in [5, 5.41) is 19.1. The lowest BCUT2D eigenvalue weighted by molar-refractivity contribution is -0.384. The van der Waals surface area contributed by atoms with Gasteiger partial charge in [-0.2, -0.15) is 8.78 Å². The van der Waals surface area contributed by atoms with E-state index in [9.17, 15) is 28.5 Å². The molecule has 1 aromatic rings. The van der Waals surface area contributed by atoms with Gasteiger partial charge in [-0.05, 0) is 6.08 Å². The molecule has 9 heteroatoms. The topological polar surface area (TPSA) is 107 Å². The zero-order valence-electron chi connectivity index (χ0n) is 9.66. The molecule has 0 amide bonds. The Labute approximate surface area is 110 Å². The van der Waals surface area contributed by atoms with E-state index in [2.05, 4.69) is 4.74 Å². The standard InChI is InChI=1S/C11H7F2NO6/c12-11(13)20-10-6(1-2-9(16)17)3-8(14(18)19)4-7(10)5-15/h1-5,11H,(H,16,17)/b2-1+. The molecule has 1 N–H and O–H groups in total. The van der Waals surface area contributed by atoms with Crippen LogP contribution in [0.5, 0.6) is 5.75 Å². The van der Waals surface area contributed by atoms with Crippen LogP contribution in [-0.4, -0.2) is 28.9 Å². The van der Waals surface area contributed by atoms with E-state index in [1.54, 1.807) is 0 Å². The number of carbonyl (C=O) groups excluding carboxylic acids is 1. The first-order chi connectivity index (χ1) is 9.35. The minimum Gasteiger partial charge on any atom is -0.478 e. The van der Waals surface area contributed by atoms with E-state index in [0.717, 1.165) is 18.2 Å². The molecule has 0 unspecified atom stereocenters. The molecule has 0 radical (unpaired) electrons. The van der Waals surface area contributed by atoms with E-state index in [0.29, 0.717) is 6.08 Å². The van der Waals surface area contributed by atoms with Crippen molar-refractivity contribution in [3.8, 4) is 5.75 Å². The summed E-state index contributed by atoms with van der Waals surface area (Å²) in [6.45, 7) is -3.27. The molecule has 0 saturated carbocycles. The van der Waals surface area contributed by atoms with Gasteiger partial charge in [-0.15, -0.1) is 0 Å². The van der Waals surface area contributed by atoms with Crippen molar-refractivity contribution in [2.24, 2.45) is 0 Å². The number of hydrogen-bond acceptors (Lipinski definition) is 5. The van der Waals surface area contributed by atoms with Crippen LogP contribution in [0.3, 0.4) is 0 Å². The normalized spacial score (nSPS) is 10.8. The first kappa shape index (κ1) is 15.2. The average molecular weight is 287 g/mol. The number of carboxylic acid groups (broad SMARTS) is 1. The van der Waals surface area contributed by atoms with Gasteiger partial charge >= 0.3 is 12.6 Å². The van der Waals surface area contributed by atoms with Crippen molar-refractivity contribution in [2.75, 3.05) is 0 Å². The summed E-state index contributed by atoms with van der Waals surface area (Å²) >= 11 is 0. The Morgan fingerprint density at radius 3 is 2.45 bits per heavy atom. The lowest BCUT2D eigenvalue weighted by atomic mass is 10.1. The van der Waals surface area contributed by atoms with Crippen molar-refractivity contribution >= 4 is 24.0 Å². The van der Waals surface area contributed by atoms with E-state index in [1.807, 2.05) is 0 Å². The number of ether oxygens (including phenoxy) is 1. The number of aldehydes is 1. The molecule has 1 aromatic carbocycles. The van der Waals surface area contributed by atoms with E-state index >= 15 is 0 Å². The summed E-state index contributed by atoms with van der Waals surface area (Å²) in [7, 11) is 0. The monoisotopic (exact) mass is 287 g/mol. The van der Waals surface area contributed by atoms with Crippen molar-refractivity contribution in [2.45, 2.75) is 6.61 Å². The van der Waals surface area contributed by atoms with E-state index in [4.69, 9.17) is 5.11 Å². The number of hydrogen-bond donors (Lipinski definition) is 1. The summed E-state index contributed by atoms with van der Waals surface area (Å²) in [5.41, 5.74) is -1.35. The maximum absolute atomic E-state index is 12.3. The number of non-ortho nitro benzene ring substituents is 1. The SMILES string of the molecule is O=Cc1cc([N+](=O)[O-])cc(/C=C/C(=O)O)c1OC(F)F. The molecule has 0 fully saturated rings. The summed E-state index contributed by atoms with van der Waals surface area (Å²) in [4.78, 5) is 31.0. The van der Waals surface area contributed by atoms with Gasteiger partial charge in [0.05, 0.1) is 10.5 Å². The second kappa shape index (κ2) is 6.36. The van der Waals surface area contributed by atoms with Crippen molar-refractivity contribution in [1.29, 1.82) is 0 Å². The molecule has 0 atom stereocenters. The Balaban J connectivity index is 3.47. The van der Waals surface area contributed by atoms with Crippen LogP contribution in [0.25, 0.3) is 6.08 Å². The van der Waals surface area contributed by atoms with Crippen LogP contribution in [0.4, 0.5) is 14.5 Å². The smallest absolute Gasteiger partial charge is 0.387 e. The first-order valence-electron chi connectivity index (χ1n) is 4.98. The molecule has 0 bridgehead atoms. The summed E-state index contributed by atoms with van der Waals surface area (Å²) < 4.78 is 28.6. The highest BCUT2D eigenvalue weighted by atomic mass is 19.3. The van der Waals surface area contributed by atoms with Gasteiger partial charge < -0.3 is 9.84 Å². The number of carbonyl (C=O) groups is 2. The van der Waals surface area contributed by atoms with Crippen LogP contribution in [0.1, 0.15) is 15.9 Å². The number of nitrogens with zero attached hydrogens (tertiary/aromatic N) is 1. The molecule has 7 nitrogen and oxygen atoms in total. The second-order valence-corrected chi connectivity index (χ2v) is 3.38. The van der Waals surface area contributed by atoms with Crippen molar-refractivity contribution in [3.63, 3.8) is 0 Å². The average Bonchev–Trinajstić information content (AvgIpc) is 2.36. The molecular weight excluding hydrogens is 280 g/mol. The molecule has 106 valence electrons. The Morgan fingerprint density at radius 1 is 1.40 bits per heavy atom. The van der Waals surface area contributed by atoms with Gasteiger partial charge in [-0.3, -0.25) is 14.9 Å². The maximum atomic E-state index is 12.3. The number of nitro benzene ring substituents is 1. The van der Waals surface area contributed by atoms with Crippen LogP contribution in [-0.2, 0) is 4.79 Å². The number of nitro groups is 1. The molecule has 1 rings (SSSR count). The number of benzene rings is 1. The molecule has 0 aromatic heterocycles. The fourth-order valence-electron chi connectivity index (χ4n) is 1.36. The van der Waals surface area contributed by atoms with Crippen LogP contribution < -0.4 is 4.74 Å². The van der Waals surface area contributed by atoms with Gasteiger partial charge in [-0.1, -0.05) is 0 Å². The summed E-state index contributed by atoms with van der Waals surface area (Å²) in [5.74, 6) is -2.02. The van der Waals surface area contributed by atoms with Gasteiger partial charge in [0.1, 0.15) is 5.75 Å². The van der Waals surface area contributed by atoms with Crippen molar-refractivity contribution < 1.29 is 33.1 Å². The zero-order chi connectivity index (χ0) is 15.3. The third-order valence-electron chi connectivity index (χ3n) is 2.08. The fraction of sp³-hybridized carbons (Fsp3) is 0.0909. The number of carboxylic acids is 1. The van der Waals surface area contributed by atoms with E-state index in [-0.39, 0.29) is 11.8 Å². The summed E-state index contributed by atoms with van der Waals surface area (Å²) in [6.07, 6.45) is 1.49. The molecule has 0 aliphatic heterocycles. The zero-order valence-corrected chi connectivity index (χ0v) is 9.66. The van der Waals surface area contributed by atoms with Crippen LogP contribution in [0.15, 0.2) is 18.2 Å². The molecular formula is C11H7F2NO6. The van der Waals surface area contributed by atoms with Gasteiger partial charge in [0.15, 0.2) is 6.29 Å². The van der Waals surface area contributed by atoms with Gasteiger partial charge in [0.25, 0.3) is 5.69 Å². The Bertz CT molecular complexity index is 585. The fourth-order valence-corrected chi connectivity index (χ4v) is 1.36. The Morgan fingerprint density at radius 2 is 2.00 bits per heavy atom. The Kier molecular flexibility index (Phi) is 4.84.